The first-order valence-electron chi connectivity index (χ1n) is 11.0. The molecule has 3 aromatic heterocycles. The molecule has 1 atom stereocenters. The Morgan fingerprint density at radius 3 is 2.70 bits per heavy atom. The number of nitrogens with zero attached hydrogens (tertiary/aromatic N) is 6. The highest BCUT2D eigenvalue weighted by molar-refractivity contribution is 7.15. The number of carbonyl (C=O) groups is 1. The second-order valence-corrected chi connectivity index (χ2v) is 10.3. The highest BCUT2D eigenvalue weighted by atomic mass is 35.5. The van der Waals surface area contributed by atoms with Gasteiger partial charge in [0, 0.05) is 45.1 Å². The van der Waals surface area contributed by atoms with Gasteiger partial charge in [0.25, 0.3) is 5.56 Å². The maximum absolute atomic E-state index is 13.6. The molecular formula is C24H17Cl3N6O3S. The Labute approximate surface area is 230 Å². The van der Waals surface area contributed by atoms with E-state index in [0.29, 0.717) is 34.7 Å². The van der Waals surface area contributed by atoms with E-state index in [9.17, 15) is 14.7 Å². The van der Waals surface area contributed by atoms with Crippen LogP contribution in [0.5, 0.6) is 0 Å². The molecule has 2 aliphatic rings. The molecule has 0 fully saturated rings. The van der Waals surface area contributed by atoms with Crippen molar-refractivity contribution >= 4 is 64.2 Å². The van der Waals surface area contributed by atoms with Gasteiger partial charge in [-0.2, -0.15) is 4.68 Å². The minimum atomic E-state index is -0.948. The van der Waals surface area contributed by atoms with Crippen LogP contribution < -0.4 is 5.56 Å². The Kier molecular flexibility index (Phi) is 6.76. The van der Waals surface area contributed by atoms with Crippen LogP contribution in [0, 0.1) is 0 Å². The highest BCUT2D eigenvalue weighted by Gasteiger charge is 2.32. The molecule has 0 radical (unpaired) electrons. The topological polar surface area (TPSA) is 115 Å². The van der Waals surface area contributed by atoms with Gasteiger partial charge < -0.3 is 9.67 Å². The van der Waals surface area contributed by atoms with Crippen molar-refractivity contribution in [2.75, 3.05) is 0 Å². The molecule has 0 amide bonds. The number of fused-ring (bicyclic) bond motifs is 1. The zero-order valence-corrected chi connectivity index (χ0v) is 22.0. The van der Waals surface area contributed by atoms with E-state index < -0.39 is 5.97 Å². The molecule has 9 nitrogen and oxygen atoms in total. The summed E-state index contributed by atoms with van der Waals surface area (Å²) in [5.41, 5.74) is 4.22. The number of halogens is 3. The smallest absolute Gasteiger partial charge is 0.345 e. The molecule has 37 heavy (non-hydrogen) atoms. The third-order valence-electron chi connectivity index (χ3n) is 6.37. The monoisotopic (exact) mass is 574 g/mol. The first-order chi connectivity index (χ1) is 17.4. The number of carboxylic acid groups (broad SMARTS) is 1. The standard InChI is InChI=1S/C24H16Cl2N6O3S.ClH/c25-13-1-3-18(31-11-28-29-30-31)15(8-13)16-9-14-2-4-19(32(14)23(33)22(16)26)17-7-12(10-27-17)20-5-6-21(36-20)24(34)35;/h1,3,5-6,8-11,19H,2,4,7H2,(H,34,35);1H/t19-;/m0./s1. The Balaban J connectivity index is 0.00000280. The van der Waals surface area contributed by atoms with E-state index in [2.05, 4.69) is 20.5 Å². The van der Waals surface area contributed by atoms with Gasteiger partial charge in [0.1, 0.15) is 16.2 Å². The van der Waals surface area contributed by atoms with Gasteiger partial charge in [0.05, 0.1) is 11.7 Å². The van der Waals surface area contributed by atoms with Crippen LogP contribution in [0.2, 0.25) is 10.0 Å². The molecule has 0 unspecified atom stereocenters. The van der Waals surface area contributed by atoms with E-state index in [1.165, 1.54) is 22.3 Å². The molecule has 1 aromatic carbocycles. The number of hydrogen-bond acceptors (Lipinski definition) is 7. The van der Waals surface area contributed by atoms with E-state index in [1.54, 1.807) is 41.1 Å². The van der Waals surface area contributed by atoms with E-state index in [-0.39, 0.29) is 33.9 Å². The summed E-state index contributed by atoms with van der Waals surface area (Å²) in [5, 5.41) is 21.2. The number of tetrazole rings is 1. The third kappa shape index (κ3) is 4.40. The summed E-state index contributed by atoms with van der Waals surface area (Å²) in [5.74, 6) is -0.948. The summed E-state index contributed by atoms with van der Waals surface area (Å²) in [4.78, 5) is 30.5. The van der Waals surface area contributed by atoms with Crippen LogP contribution in [-0.4, -0.2) is 41.6 Å². The zero-order chi connectivity index (χ0) is 25.0. The SMILES string of the molecule is Cl.O=C(O)c1ccc(C2=CN=C([C@@H]3CCc4cc(-c5cc(Cl)ccc5-n5cnnn5)c(Cl)c(=O)n43)C2)s1. The fourth-order valence-electron chi connectivity index (χ4n) is 4.73. The lowest BCUT2D eigenvalue weighted by atomic mass is 10.0. The van der Waals surface area contributed by atoms with E-state index in [0.717, 1.165) is 28.3 Å². The number of allylic oxidation sites excluding steroid dienone is 1. The molecule has 0 saturated carbocycles. The van der Waals surface area contributed by atoms with Crippen molar-refractivity contribution in [2.24, 2.45) is 4.99 Å². The lowest BCUT2D eigenvalue weighted by Gasteiger charge is -2.18. The normalized spacial score (nSPS) is 16.2. The number of pyridine rings is 1. The second-order valence-electron chi connectivity index (χ2n) is 8.43. The fourth-order valence-corrected chi connectivity index (χ4v) is 6.01. The number of aromatic carboxylic acids is 1. The maximum atomic E-state index is 13.6. The number of hydrogen-bond donors (Lipinski definition) is 1. The average molecular weight is 576 g/mol. The van der Waals surface area contributed by atoms with Crippen molar-refractivity contribution in [1.29, 1.82) is 0 Å². The maximum Gasteiger partial charge on any atom is 0.345 e. The minimum Gasteiger partial charge on any atom is -0.477 e. The second kappa shape index (κ2) is 9.86. The summed E-state index contributed by atoms with van der Waals surface area (Å²) in [6.07, 6.45) is 5.17. The molecule has 2 aliphatic heterocycles. The number of aliphatic imine (C=N–C) groups is 1. The van der Waals surface area contributed by atoms with Crippen molar-refractivity contribution in [3.8, 4) is 16.8 Å². The van der Waals surface area contributed by atoms with Crippen molar-refractivity contribution in [3.05, 3.63) is 84.8 Å². The van der Waals surface area contributed by atoms with Crippen molar-refractivity contribution < 1.29 is 9.90 Å². The Bertz CT molecular complexity index is 1660. The summed E-state index contributed by atoms with van der Waals surface area (Å²) < 4.78 is 3.22. The molecule has 6 rings (SSSR count). The average Bonchev–Trinajstić information content (AvgIpc) is 3.67. The number of benzene rings is 1. The van der Waals surface area contributed by atoms with Crippen molar-refractivity contribution in [3.63, 3.8) is 0 Å². The molecule has 0 aliphatic carbocycles. The van der Waals surface area contributed by atoms with Gasteiger partial charge in [0.15, 0.2) is 0 Å². The molecule has 0 spiro atoms. The Hall–Kier alpha value is -3.31. The number of thiophene rings is 1. The number of carboxylic acids is 1. The summed E-state index contributed by atoms with van der Waals surface area (Å²) in [6, 6.07) is 10.3. The van der Waals surface area contributed by atoms with E-state index in [4.69, 9.17) is 23.2 Å². The summed E-state index contributed by atoms with van der Waals surface area (Å²) >= 11 is 14.2. The van der Waals surface area contributed by atoms with Gasteiger partial charge in [-0.3, -0.25) is 9.79 Å². The predicted molar refractivity (Wildman–Crippen MR) is 145 cm³/mol. The van der Waals surface area contributed by atoms with Crippen LogP contribution in [0.1, 0.15) is 39.1 Å². The molecule has 0 saturated heterocycles. The Morgan fingerprint density at radius 1 is 1.14 bits per heavy atom. The quantitative estimate of drug-likeness (QED) is 0.343. The lowest BCUT2D eigenvalue weighted by molar-refractivity contribution is 0.0702. The number of aryl methyl sites for hydroxylation is 1. The highest BCUT2D eigenvalue weighted by Crippen LogP contribution is 2.39. The lowest BCUT2D eigenvalue weighted by Crippen LogP contribution is -2.28. The van der Waals surface area contributed by atoms with Crippen LogP contribution in [-0.2, 0) is 6.42 Å². The number of rotatable bonds is 5. The van der Waals surface area contributed by atoms with E-state index in [1.807, 2.05) is 6.07 Å². The largest absolute Gasteiger partial charge is 0.477 e. The van der Waals surface area contributed by atoms with Crippen LogP contribution in [0.3, 0.4) is 0 Å². The van der Waals surface area contributed by atoms with Crippen LogP contribution in [0.15, 0.2) is 58.7 Å². The van der Waals surface area contributed by atoms with Gasteiger partial charge in [-0.25, -0.2) is 4.79 Å². The van der Waals surface area contributed by atoms with Gasteiger partial charge in [-0.1, -0.05) is 23.2 Å². The minimum absolute atomic E-state index is 0. The van der Waals surface area contributed by atoms with Gasteiger partial charge in [0.2, 0.25) is 0 Å². The first-order valence-corrected chi connectivity index (χ1v) is 12.5. The third-order valence-corrected chi connectivity index (χ3v) is 8.12. The summed E-state index contributed by atoms with van der Waals surface area (Å²) in [6.45, 7) is 0. The predicted octanol–water partition coefficient (Wildman–Crippen LogP) is 5.35. The Morgan fingerprint density at radius 2 is 1.97 bits per heavy atom. The molecule has 5 heterocycles. The van der Waals surface area contributed by atoms with Gasteiger partial charge >= 0.3 is 5.97 Å². The zero-order valence-electron chi connectivity index (χ0n) is 18.8. The van der Waals surface area contributed by atoms with Crippen LogP contribution >= 0.6 is 46.9 Å². The van der Waals surface area contributed by atoms with Crippen LogP contribution in [0.4, 0.5) is 0 Å². The first kappa shape index (κ1) is 25.3. The van der Waals surface area contributed by atoms with Crippen molar-refractivity contribution in [2.45, 2.75) is 25.3 Å². The van der Waals surface area contributed by atoms with Crippen LogP contribution in [0.25, 0.3) is 22.4 Å². The number of aromatic nitrogens is 5. The molecular weight excluding hydrogens is 559 g/mol. The van der Waals surface area contributed by atoms with Crippen molar-refractivity contribution in [1.82, 2.24) is 24.8 Å². The summed E-state index contributed by atoms with van der Waals surface area (Å²) in [7, 11) is 0. The van der Waals surface area contributed by atoms with E-state index >= 15 is 0 Å². The molecule has 13 heteroatoms. The van der Waals surface area contributed by atoms with Gasteiger partial charge in [-0.05, 0) is 65.2 Å². The molecule has 188 valence electrons. The fraction of sp³-hybridized carbons (Fsp3) is 0.167. The van der Waals surface area contributed by atoms with Gasteiger partial charge in [-0.15, -0.1) is 28.8 Å². The molecule has 1 N–H and O–H groups in total. The molecule has 4 aromatic rings. The molecule has 0 bridgehead atoms.